The predicted octanol–water partition coefficient (Wildman–Crippen LogP) is 4.04. The van der Waals surface area contributed by atoms with Crippen molar-refractivity contribution in [3.8, 4) is 5.75 Å². The molecule has 0 atom stereocenters. The molecule has 1 heterocycles. The predicted molar refractivity (Wildman–Crippen MR) is 94.6 cm³/mol. The maximum absolute atomic E-state index is 12.0. The molecule has 0 spiro atoms. The van der Waals surface area contributed by atoms with Crippen molar-refractivity contribution < 1.29 is 19.1 Å². The van der Waals surface area contributed by atoms with Crippen LogP contribution in [0.15, 0.2) is 30.3 Å². The van der Waals surface area contributed by atoms with Gasteiger partial charge >= 0.3 is 5.97 Å². The summed E-state index contributed by atoms with van der Waals surface area (Å²) in [6, 6.07) is 8.16. The summed E-state index contributed by atoms with van der Waals surface area (Å²) in [5, 5.41) is 3.75. The minimum Gasteiger partial charge on any atom is -0.492 e. The number of benzene rings is 1. The van der Waals surface area contributed by atoms with Gasteiger partial charge < -0.3 is 14.8 Å². The number of hydrogen-bond donors (Lipinski definition) is 1. The highest BCUT2D eigenvalue weighted by Crippen LogP contribution is 2.27. The Hall–Kier alpha value is -1.76. The van der Waals surface area contributed by atoms with Crippen LogP contribution in [0.1, 0.15) is 25.8 Å². The summed E-state index contributed by atoms with van der Waals surface area (Å²) in [5.41, 5.74) is 0. The smallest absolute Gasteiger partial charge is 0.348 e. The maximum atomic E-state index is 12.0. The molecule has 1 aromatic heterocycles. The van der Waals surface area contributed by atoms with Crippen molar-refractivity contribution in [2.24, 2.45) is 0 Å². The summed E-state index contributed by atoms with van der Waals surface area (Å²) >= 11 is 12.9. The van der Waals surface area contributed by atoms with E-state index in [-0.39, 0.29) is 5.91 Å². The first kappa shape index (κ1) is 18.6. The number of methoxy groups -OCH3 is 1. The lowest BCUT2D eigenvalue weighted by Gasteiger charge is -2.08. The molecule has 0 radical (unpaired) electrons. The summed E-state index contributed by atoms with van der Waals surface area (Å²) in [5.74, 6) is -0.139. The molecule has 0 fully saturated rings. The number of thiophene rings is 1. The van der Waals surface area contributed by atoms with E-state index >= 15 is 0 Å². The van der Waals surface area contributed by atoms with Gasteiger partial charge in [0.05, 0.1) is 23.6 Å². The topological polar surface area (TPSA) is 64.6 Å². The molecule has 0 saturated carbocycles. The van der Waals surface area contributed by atoms with E-state index in [9.17, 15) is 9.59 Å². The molecule has 128 valence electrons. The quantitative estimate of drug-likeness (QED) is 0.574. The van der Waals surface area contributed by atoms with Crippen molar-refractivity contribution in [1.82, 2.24) is 5.32 Å². The summed E-state index contributed by atoms with van der Waals surface area (Å²) < 4.78 is 10.1. The van der Waals surface area contributed by atoms with Gasteiger partial charge in [-0.15, -0.1) is 11.3 Å². The molecule has 8 heteroatoms. The SMILES string of the molecule is COC(=O)c1ccc(C(=O)NCCCOc2ccc(Cl)cc2Cl)s1. The molecular weight excluding hydrogens is 373 g/mol. The molecule has 0 aliphatic rings. The number of carbonyl (C=O) groups is 2. The molecule has 1 aromatic carbocycles. The molecule has 0 aliphatic heterocycles. The van der Waals surface area contributed by atoms with E-state index in [1.165, 1.54) is 7.11 Å². The minimum atomic E-state index is -0.452. The van der Waals surface area contributed by atoms with Crippen LogP contribution in [0.25, 0.3) is 0 Å². The molecular formula is C16H15Cl2NO4S. The lowest BCUT2D eigenvalue weighted by atomic mass is 10.3. The van der Waals surface area contributed by atoms with E-state index in [0.29, 0.717) is 45.1 Å². The summed E-state index contributed by atoms with van der Waals surface area (Å²) in [4.78, 5) is 24.2. The molecule has 1 amide bonds. The molecule has 0 unspecified atom stereocenters. The van der Waals surface area contributed by atoms with Gasteiger partial charge in [0.2, 0.25) is 0 Å². The molecule has 0 saturated heterocycles. The van der Waals surface area contributed by atoms with Crippen molar-refractivity contribution in [3.63, 3.8) is 0 Å². The van der Waals surface area contributed by atoms with Crippen LogP contribution in [0.2, 0.25) is 10.0 Å². The van der Waals surface area contributed by atoms with Gasteiger partial charge in [-0.2, -0.15) is 0 Å². The highest BCUT2D eigenvalue weighted by atomic mass is 35.5. The number of hydrogen-bond acceptors (Lipinski definition) is 5. The number of amides is 1. The Balaban J connectivity index is 1.73. The van der Waals surface area contributed by atoms with Gasteiger partial charge in [-0.25, -0.2) is 4.79 Å². The van der Waals surface area contributed by atoms with Crippen molar-refractivity contribution in [2.45, 2.75) is 6.42 Å². The Morgan fingerprint density at radius 3 is 2.62 bits per heavy atom. The molecule has 0 aliphatic carbocycles. The van der Waals surface area contributed by atoms with E-state index in [4.69, 9.17) is 27.9 Å². The third kappa shape index (κ3) is 5.12. The number of esters is 1. The number of ether oxygens (including phenoxy) is 2. The van der Waals surface area contributed by atoms with Crippen LogP contribution in [-0.4, -0.2) is 32.1 Å². The first-order valence-corrected chi connectivity index (χ1v) is 8.62. The number of rotatable bonds is 7. The van der Waals surface area contributed by atoms with Crippen molar-refractivity contribution in [1.29, 1.82) is 0 Å². The van der Waals surface area contributed by atoms with Gasteiger partial charge in [0.25, 0.3) is 5.91 Å². The van der Waals surface area contributed by atoms with Crippen LogP contribution in [0.5, 0.6) is 5.75 Å². The normalized spacial score (nSPS) is 10.3. The Labute approximate surface area is 153 Å². The van der Waals surface area contributed by atoms with E-state index in [1.54, 1.807) is 30.3 Å². The highest BCUT2D eigenvalue weighted by Gasteiger charge is 2.13. The number of halogens is 2. The van der Waals surface area contributed by atoms with Crippen molar-refractivity contribution in [3.05, 3.63) is 50.1 Å². The van der Waals surface area contributed by atoms with Gasteiger partial charge in [-0.05, 0) is 36.8 Å². The third-order valence-corrected chi connectivity index (χ3v) is 4.57. The molecule has 24 heavy (non-hydrogen) atoms. The fraction of sp³-hybridized carbons (Fsp3) is 0.250. The first-order chi connectivity index (χ1) is 11.5. The molecule has 2 aromatic rings. The Morgan fingerprint density at radius 1 is 1.17 bits per heavy atom. The molecule has 0 bridgehead atoms. The average molecular weight is 388 g/mol. The van der Waals surface area contributed by atoms with Gasteiger partial charge in [-0.1, -0.05) is 23.2 Å². The van der Waals surface area contributed by atoms with Gasteiger partial charge in [-0.3, -0.25) is 4.79 Å². The van der Waals surface area contributed by atoms with Crippen molar-refractivity contribution >= 4 is 46.4 Å². The number of carbonyl (C=O) groups excluding carboxylic acids is 2. The van der Waals surface area contributed by atoms with Crippen LogP contribution >= 0.6 is 34.5 Å². The van der Waals surface area contributed by atoms with Crippen LogP contribution < -0.4 is 10.1 Å². The first-order valence-electron chi connectivity index (χ1n) is 7.05. The molecule has 5 nitrogen and oxygen atoms in total. The zero-order valence-electron chi connectivity index (χ0n) is 12.8. The van der Waals surface area contributed by atoms with E-state index in [0.717, 1.165) is 11.3 Å². The Morgan fingerprint density at radius 2 is 1.92 bits per heavy atom. The fourth-order valence-electron chi connectivity index (χ4n) is 1.81. The standard InChI is InChI=1S/C16H15Cl2NO4S/c1-22-16(21)14-6-5-13(24-14)15(20)19-7-2-8-23-12-4-3-10(17)9-11(12)18/h3-6,9H,2,7-8H2,1H3,(H,19,20). The minimum absolute atomic E-state index is 0.236. The monoisotopic (exact) mass is 387 g/mol. The van der Waals surface area contributed by atoms with E-state index < -0.39 is 5.97 Å². The van der Waals surface area contributed by atoms with E-state index in [1.807, 2.05) is 0 Å². The van der Waals surface area contributed by atoms with Crippen LogP contribution in [-0.2, 0) is 4.74 Å². The van der Waals surface area contributed by atoms with Crippen LogP contribution in [0.4, 0.5) is 0 Å². The Bertz CT molecular complexity index is 733. The Kier molecular flexibility index (Phi) is 6.90. The third-order valence-electron chi connectivity index (χ3n) is 2.97. The summed E-state index contributed by atoms with van der Waals surface area (Å²) in [6.07, 6.45) is 0.611. The van der Waals surface area contributed by atoms with Gasteiger partial charge in [0.1, 0.15) is 10.6 Å². The lowest BCUT2D eigenvalue weighted by molar-refractivity contribution is 0.0606. The number of nitrogens with one attached hydrogen (secondary N) is 1. The van der Waals surface area contributed by atoms with E-state index in [2.05, 4.69) is 10.1 Å². The zero-order valence-corrected chi connectivity index (χ0v) is 15.1. The summed E-state index contributed by atoms with van der Waals surface area (Å²) in [6.45, 7) is 0.842. The van der Waals surface area contributed by atoms with Crippen LogP contribution in [0, 0.1) is 0 Å². The maximum Gasteiger partial charge on any atom is 0.348 e. The fourth-order valence-corrected chi connectivity index (χ4v) is 3.11. The second-order valence-corrected chi connectivity index (χ2v) is 6.62. The second kappa shape index (κ2) is 8.92. The lowest BCUT2D eigenvalue weighted by Crippen LogP contribution is -2.24. The second-order valence-electron chi connectivity index (χ2n) is 4.69. The zero-order chi connectivity index (χ0) is 17.5. The van der Waals surface area contributed by atoms with Crippen molar-refractivity contribution in [2.75, 3.05) is 20.3 Å². The van der Waals surface area contributed by atoms with Crippen LogP contribution in [0.3, 0.4) is 0 Å². The molecule has 1 N–H and O–H groups in total. The van der Waals surface area contributed by atoms with Gasteiger partial charge in [0, 0.05) is 11.6 Å². The molecule has 2 rings (SSSR count). The van der Waals surface area contributed by atoms with Gasteiger partial charge in [0.15, 0.2) is 0 Å². The largest absolute Gasteiger partial charge is 0.492 e. The average Bonchev–Trinajstić information content (AvgIpc) is 3.05. The highest BCUT2D eigenvalue weighted by molar-refractivity contribution is 7.15. The summed E-state index contributed by atoms with van der Waals surface area (Å²) in [7, 11) is 1.30.